The summed E-state index contributed by atoms with van der Waals surface area (Å²) in [5, 5.41) is 0.797. The van der Waals surface area contributed by atoms with Crippen molar-refractivity contribution in [2.45, 2.75) is 13.3 Å². The maximum absolute atomic E-state index is 12.5. The highest BCUT2D eigenvalue weighted by molar-refractivity contribution is 6.00. The number of nitrogens with one attached hydrogen (secondary N) is 1. The Morgan fingerprint density at radius 2 is 2.09 bits per heavy atom. The predicted molar refractivity (Wildman–Crippen MR) is 83.3 cm³/mol. The summed E-state index contributed by atoms with van der Waals surface area (Å²) in [4.78, 5) is 32.8. The zero-order valence-corrected chi connectivity index (χ0v) is 12.0. The third kappa shape index (κ3) is 2.46. The van der Waals surface area contributed by atoms with Gasteiger partial charge in [0.15, 0.2) is 5.65 Å². The van der Waals surface area contributed by atoms with Crippen LogP contribution >= 0.6 is 0 Å². The van der Waals surface area contributed by atoms with Crippen LogP contribution in [-0.2, 0) is 6.42 Å². The molecule has 0 unspecified atom stereocenters. The number of hydrogen-bond acceptors (Lipinski definition) is 4. The standard InChI is InChI=1S/C16H14N4O2/c1-2-11-9-12-5-4-8-18-14(12)20(16(11)22)19-15(21)13-6-3-7-17-10-13/h3-10H,2H2,1H3,(H,19,21). The number of rotatable bonds is 3. The SMILES string of the molecule is CCc1cc2cccnc2n(NC(=O)c2cccnc2)c1=O. The summed E-state index contributed by atoms with van der Waals surface area (Å²) in [7, 11) is 0. The molecule has 3 aromatic heterocycles. The molecule has 1 amide bonds. The van der Waals surface area contributed by atoms with Crippen molar-refractivity contribution in [3.8, 4) is 0 Å². The van der Waals surface area contributed by atoms with Crippen molar-refractivity contribution < 1.29 is 4.79 Å². The van der Waals surface area contributed by atoms with E-state index in [2.05, 4.69) is 15.4 Å². The van der Waals surface area contributed by atoms with Crippen LogP contribution in [-0.4, -0.2) is 20.6 Å². The van der Waals surface area contributed by atoms with E-state index in [4.69, 9.17) is 0 Å². The second-order valence-electron chi connectivity index (χ2n) is 4.76. The molecule has 3 heterocycles. The van der Waals surface area contributed by atoms with Gasteiger partial charge in [0.1, 0.15) is 0 Å². The van der Waals surface area contributed by atoms with Gasteiger partial charge in [-0.25, -0.2) is 4.98 Å². The van der Waals surface area contributed by atoms with Gasteiger partial charge >= 0.3 is 0 Å². The molecule has 3 aromatic rings. The molecule has 0 radical (unpaired) electrons. The Balaban J connectivity index is 2.12. The van der Waals surface area contributed by atoms with Gasteiger partial charge in [0.2, 0.25) is 0 Å². The summed E-state index contributed by atoms with van der Waals surface area (Å²) in [6, 6.07) is 8.74. The number of pyridine rings is 3. The second-order valence-corrected chi connectivity index (χ2v) is 4.76. The van der Waals surface area contributed by atoms with Gasteiger partial charge in [0.05, 0.1) is 5.56 Å². The fraction of sp³-hybridized carbons (Fsp3) is 0.125. The lowest BCUT2D eigenvalue weighted by Crippen LogP contribution is -2.35. The minimum Gasteiger partial charge on any atom is -0.267 e. The van der Waals surface area contributed by atoms with Crippen LogP contribution in [0.25, 0.3) is 11.0 Å². The van der Waals surface area contributed by atoms with Crippen molar-refractivity contribution in [1.29, 1.82) is 0 Å². The van der Waals surface area contributed by atoms with Crippen molar-refractivity contribution in [2.75, 3.05) is 5.43 Å². The van der Waals surface area contributed by atoms with Crippen LogP contribution in [0.15, 0.2) is 53.7 Å². The molecule has 0 aromatic carbocycles. The molecule has 0 aliphatic heterocycles. The summed E-state index contributed by atoms with van der Waals surface area (Å²) in [5.74, 6) is -0.407. The van der Waals surface area contributed by atoms with E-state index in [1.165, 1.54) is 10.9 Å². The first-order valence-electron chi connectivity index (χ1n) is 6.91. The number of hydrogen-bond donors (Lipinski definition) is 1. The molecule has 0 saturated heterocycles. The van der Waals surface area contributed by atoms with Crippen molar-refractivity contribution in [3.63, 3.8) is 0 Å². The van der Waals surface area contributed by atoms with E-state index in [1.54, 1.807) is 36.7 Å². The molecular formula is C16H14N4O2. The molecule has 22 heavy (non-hydrogen) atoms. The highest BCUT2D eigenvalue weighted by atomic mass is 16.2. The topological polar surface area (TPSA) is 76.9 Å². The summed E-state index contributed by atoms with van der Waals surface area (Å²) < 4.78 is 1.20. The Bertz CT molecular complexity index is 888. The first-order valence-corrected chi connectivity index (χ1v) is 6.91. The van der Waals surface area contributed by atoms with Crippen LogP contribution < -0.4 is 11.0 Å². The van der Waals surface area contributed by atoms with Crippen molar-refractivity contribution in [1.82, 2.24) is 14.6 Å². The fourth-order valence-corrected chi connectivity index (χ4v) is 2.22. The fourth-order valence-electron chi connectivity index (χ4n) is 2.22. The third-order valence-electron chi connectivity index (χ3n) is 3.35. The molecular weight excluding hydrogens is 280 g/mol. The Morgan fingerprint density at radius 1 is 1.27 bits per heavy atom. The Labute approximate surface area is 126 Å². The van der Waals surface area contributed by atoms with E-state index < -0.39 is 5.91 Å². The minimum atomic E-state index is -0.407. The van der Waals surface area contributed by atoms with Crippen LogP contribution in [0.1, 0.15) is 22.8 Å². The van der Waals surface area contributed by atoms with Gasteiger partial charge in [-0.15, -0.1) is 0 Å². The summed E-state index contributed by atoms with van der Waals surface area (Å²) in [6.07, 6.45) is 5.18. The van der Waals surface area contributed by atoms with Crippen molar-refractivity contribution in [2.24, 2.45) is 0 Å². The third-order valence-corrected chi connectivity index (χ3v) is 3.35. The Kier molecular flexibility index (Phi) is 3.65. The average Bonchev–Trinajstić information content (AvgIpc) is 2.57. The monoisotopic (exact) mass is 294 g/mol. The quantitative estimate of drug-likeness (QED) is 0.798. The van der Waals surface area contributed by atoms with E-state index in [0.29, 0.717) is 23.2 Å². The van der Waals surface area contributed by atoms with E-state index in [-0.39, 0.29) is 5.56 Å². The first kappa shape index (κ1) is 13.9. The highest BCUT2D eigenvalue weighted by Crippen LogP contribution is 2.10. The lowest BCUT2D eigenvalue weighted by molar-refractivity contribution is 0.101. The van der Waals surface area contributed by atoms with Crippen LogP contribution in [0.2, 0.25) is 0 Å². The zero-order chi connectivity index (χ0) is 15.5. The van der Waals surface area contributed by atoms with Crippen LogP contribution in [0.5, 0.6) is 0 Å². The molecule has 0 aliphatic rings. The zero-order valence-electron chi connectivity index (χ0n) is 12.0. The lowest BCUT2D eigenvalue weighted by atomic mass is 10.2. The molecule has 6 heteroatoms. The summed E-state index contributed by atoms with van der Waals surface area (Å²) >= 11 is 0. The molecule has 0 fully saturated rings. The molecule has 0 atom stereocenters. The molecule has 110 valence electrons. The summed E-state index contributed by atoms with van der Waals surface area (Å²) in [6.45, 7) is 1.90. The highest BCUT2D eigenvalue weighted by Gasteiger charge is 2.12. The molecule has 6 nitrogen and oxygen atoms in total. The molecule has 0 bridgehead atoms. The van der Waals surface area contributed by atoms with Gasteiger partial charge in [-0.05, 0) is 36.8 Å². The molecule has 0 saturated carbocycles. The van der Waals surface area contributed by atoms with Gasteiger partial charge in [0, 0.05) is 29.5 Å². The molecule has 1 N–H and O–H groups in total. The first-order chi connectivity index (χ1) is 10.7. The maximum atomic E-state index is 12.5. The molecule has 3 rings (SSSR count). The minimum absolute atomic E-state index is 0.272. The van der Waals surface area contributed by atoms with Crippen molar-refractivity contribution in [3.05, 3.63) is 70.4 Å². The lowest BCUT2D eigenvalue weighted by Gasteiger charge is -2.12. The Hall–Kier alpha value is -3.02. The van der Waals surface area contributed by atoms with Gasteiger partial charge in [0.25, 0.3) is 11.5 Å². The molecule has 0 aliphatic carbocycles. The van der Waals surface area contributed by atoms with E-state index in [1.807, 2.05) is 13.0 Å². The van der Waals surface area contributed by atoms with E-state index in [9.17, 15) is 9.59 Å². The van der Waals surface area contributed by atoms with Gasteiger partial charge in [-0.2, -0.15) is 4.68 Å². The van der Waals surface area contributed by atoms with Crippen molar-refractivity contribution >= 4 is 16.9 Å². The number of aromatic nitrogens is 3. The number of amides is 1. The predicted octanol–water partition coefficient (Wildman–Crippen LogP) is 1.74. The van der Waals surface area contributed by atoms with Crippen LogP contribution in [0, 0.1) is 0 Å². The maximum Gasteiger partial charge on any atom is 0.274 e. The van der Waals surface area contributed by atoms with E-state index >= 15 is 0 Å². The smallest absolute Gasteiger partial charge is 0.267 e. The normalized spacial score (nSPS) is 10.6. The van der Waals surface area contributed by atoms with E-state index in [0.717, 1.165) is 5.39 Å². The largest absolute Gasteiger partial charge is 0.274 e. The second kappa shape index (κ2) is 5.77. The number of carbonyl (C=O) groups excluding carboxylic acids is 1. The number of nitrogens with zero attached hydrogens (tertiary/aromatic N) is 3. The average molecular weight is 294 g/mol. The molecule has 0 spiro atoms. The van der Waals surface area contributed by atoms with Gasteiger partial charge < -0.3 is 0 Å². The van der Waals surface area contributed by atoms with Gasteiger partial charge in [-0.1, -0.05) is 6.92 Å². The van der Waals surface area contributed by atoms with Crippen LogP contribution in [0.4, 0.5) is 0 Å². The van der Waals surface area contributed by atoms with Gasteiger partial charge in [-0.3, -0.25) is 20.0 Å². The number of fused-ring (bicyclic) bond motifs is 1. The number of aryl methyl sites for hydroxylation is 1. The summed E-state index contributed by atoms with van der Waals surface area (Å²) in [5.41, 5.74) is 3.75. The van der Waals surface area contributed by atoms with Crippen LogP contribution in [0.3, 0.4) is 0 Å². The Morgan fingerprint density at radius 3 is 2.82 bits per heavy atom. The number of carbonyl (C=O) groups is 1.